The van der Waals surface area contributed by atoms with Crippen molar-refractivity contribution in [3.05, 3.63) is 76.6 Å². The van der Waals surface area contributed by atoms with E-state index < -0.39 is 0 Å². The first kappa shape index (κ1) is 20.5. The molecule has 0 bridgehead atoms. The Morgan fingerprint density at radius 1 is 1.10 bits per heavy atom. The number of rotatable bonds is 6. The van der Waals surface area contributed by atoms with E-state index in [9.17, 15) is 4.79 Å². The molecule has 1 fully saturated rings. The molecule has 1 amide bonds. The van der Waals surface area contributed by atoms with E-state index in [0.29, 0.717) is 5.92 Å². The molecule has 0 atom stereocenters. The molecular weight excluding hydrogens is 392 g/mol. The molecule has 1 aliphatic rings. The van der Waals surface area contributed by atoms with Crippen molar-refractivity contribution in [1.82, 2.24) is 14.7 Å². The molecule has 2 aromatic carbocycles. The predicted octanol–water partition coefficient (Wildman–Crippen LogP) is 4.39. The van der Waals surface area contributed by atoms with Gasteiger partial charge in [0, 0.05) is 43.2 Å². The van der Waals surface area contributed by atoms with Gasteiger partial charge in [0.2, 0.25) is 5.13 Å². The van der Waals surface area contributed by atoms with Gasteiger partial charge < -0.3 is 10.2 Å². The summed E-state index contributed by atoms with van der Waals surface area (Å²) in [6.45, 7) is 6.73. The van der Waals surface area contributed by atoms with Gasteiger partial charge in [-0.1, -0.05) is 48.0 Å². The Kier molecular flexibility index (Phi) is 6.43. The van der Waals surface area contributed by atoms with E-state index in [2.05, 4.69) is 45.8 Å². The first-order valence-corrected chi connectivity index (χ1v) is 11.3. The number of hydrogen-bond donors (Lipinski definition) is 1. The van der Waals surface area contributed by atoms with Crippen LogP contribution >= 0.6 is 11.5 Å². The third kappa shape index (κ3) is 5.05. The SMILES string of the molecule is Cc1ccc(Cc2nsc(N3CCC(CNC(=O)c4ccccc4C)CC3)n2)cc1. The zero-order valence-corrected chi connectivity index (χ0v) is 18.4. The van der Waals surface area contributed by atoms with Gasteiger partial charge in [-0.15, -0.1) is 0 Å². The summed E-state index contributed by atoms with van der Waals surface area (Å²) in [5.41, 5.74) is 4.30. The van der Waals surface area contributed by atoms with Gasteiger partial charge in [0.15, 0.2) is 0 Å². The molecule has 156 valence electrons. The molecule has 0 spiro atoms. The summed E-state index contributed by atoms with van der Waals surface area (Å²) in [7, 11) is 0. The lowest BCUT2D eigenvalue weighted by atomic mass is 9.97. The van der Waals surface area contributed by atoms with Gasteiger partial charge in [0.05, 0.1) is 0 Å². The average Bonchev–Trinajstić information content (AvgIpc) is 3.23. The molecule has 4 rings (SSSR count). The normalized spacial score (nSPS) is 14.7. The van der Waals surface area contributed by atoms with Crippen LogP contribution in [-0.2, 0) is 6.42 Å². The Bertz CT molecular complexity index is 990. The Labute approximate surface area is 182 Å². The average molecular weight is 421 g/mol. The number of aromatic nitrogens is 2. The molecule has 1 aliphatic heterocycles. The first-order chi connectivity index (χ1) is 14.6. The molecule has 30 heavy (non-hydrogen) atoms. The van der Waals surface area contributed by atoms with Crippen molar-refractivity contribution >= 4 is 22.6 Å². The number of hydrogen-bond acceptors (Lipinski definition) is 5. The third-order valence-corrected chi connectivity index (χ3v) is 6.58. The predicted molar refractivity (Wildman–Crippen MR) is 122 cm³/mol. The van der Waals surface area contributed by atoms with E-state index in [1.165, 1.54) is 22.7 Å². The molecule has 0 unspecified atom stereocenters. The van der Waals surface area contributed by atoms with Crippen molar-refractivity contribution in [1.29, 1.82) is 0 Å². The molecule has 6 heteroatoms. The molecule has 1 N–H and O–H groups in total. The van der Waals surface area contributed by atoms with Crippen LogP contribution in [0.2, 0.25) is 0 Å². The molecule has 0 aliphatic carbocycles. The van der Waals surface area contributed by atoms with E-state index >= 15 is 0 Å². The van der Waals surface area contributed by atoms with Gasteiger partial charge in [-0.25, -0.2) is 4.98 Å². The van der Waals surface area contributed by atoms with E-state index in [1.807, 2.05) is 31.2 Å². The van der Waals surface area contributed by atoms with Crippen LogP contribution in [0.25, 0.3) is 0 Å². The number of piperidine rings is 1. The number of nitrogens with zero attached hydrogens (tertiary/aromatic N) is 3. The number of anilines is 1. The second kappa shape index (κ2) is 9.39. The topological polar surface area (TPSA) is 58.1 Å². The van der Waals surface area contributed by atoms with Gasteiger partial charge in [-0.3, -0.25) is 4.79 Å². The Morgan fingerprint density at radius 2 is 1.83 bits per heavy atom. The highest BCUT2D eigenvalue weighted by Crippen LogP contribution is 2.25. The van der Waals surface area contributed by atoms with Crippen molar-refractivity contribution < 1.29 is 4.79 Å². The fraction of sp³-hybridized carbons (Fsp3) is 0.375. The largest absolute Gasteiger partial charge is 0.352 e. The first-order valence-electron chi connectivity index (χ1n) is 10.6. The molecule has 3 aromatic rings. The summed E-state index contributed by atoms with van der Waals surface area (Å²) < 4.78 is 4.56. The second-order valence-corrected chi connectivity index (χ2v) is 8.84. The van der Waals surface area contributed by atoms with Crippen molar-refractivity contribution in [2.45, 2.75) is 33.1 Å². The van der Waals surface area contributed by atoms with Crippen LogP contribution in [0.5, 0.6) is 0 Å². The van der Waals surface area contributed by atoms with E-state index in [1.54, 1.807) is 0 Å². The molecular formula is C24H28N4OS. The minimum atomic E-state index is 0.0281. The highest BCUT2D eigenvalue weighted by atomic mass is 32.1. The summed E-state index contributed by atoms with van der Waals surface area (Å²) in [6, 6.07) is 16.3. The Hall–Kier alpha value is -2.73. The van der Waals surface area contributed by atoms with Gasteiger partial charge in [-0.2, -0.15) is 4.37 Å². The van der Waals surface area contributed by atoms with Crippen LogP contribution in [0.15, 0.2) is 48.5 Å². The van der Waals surface area contributed by atoms with E-state index in [-0.39, 0.29) is 5.91 Å². The number of carbonyl (C=O) groups is 1. The van der Waals surface area contributed by atoms with Crippen LogP contribution in [0.3, 0.4) is 0 Å². The van der Waals surface area contributed by atoms with Gasteiger partial charge in [-0.05, 0) is 49.8 Å². The number of benzene rings is 2. The van der Waals surface area contributed by atoms with Crippen LogP contribution in [0.1, 0.15) is 45.7 Å². The minimum absolute atomic E-state index is 0.0281. The Balaban J connectivity index is 1.25. The highest BCUT2D eigenvalue weighted by Gasteiger charge is 2.22. The van der Waals surface area contributed by atoms with E-state index in [0.717, 1.165) is 61.0 Å². The van der Waals surface area contributed by atoms with Crippen molar-refractivity contribution in [2.75, 3.05) is 24.5 Å². The van der Waals surface area contributed by atoms with Gasteiger partial charge >= 0.3 is 0 Å². The molecule has 5 nitrogen and oxygen atoms in total. The molecule has 2 heterocycles. The quantitative estimate of drug-likeness (QED) is 0.642. The van der Waals surface area contributed by atoms with Crippen LogP contribution in [0, 0.1) is 19.8 Å². The van der Waals surface area contributed by atoms with Crippen molar-refractivity contribution in [3.63, 3.8) is 0 Å². The fourth-order valence-corrected chi connectivity index (χ4v) is 4.56. The maximum atomic E-state index is 12.4. The highest BCUT2D eigenvalue weighted by molar-refractivity contribution is 7.09. The fourth-order valence-electron chi connectivity index (χ4n) is 3.82. The lowest BCUT2D eigenvalue weighted by Crippen LogP contribution is -2.38. The number of amides is 1. The summed E-state index contributed by atoms with van der Waals surface area (Å²) in [5.74, 6) is 1.43. The maximum absolute atomic E-state index is 12.4. The molecule has 0 radical (unpaired) electrons. The van der Waals surface area contributed by atoms with Crippen LogP contribution in [-0.4, -0.2) is 34.9 Å². The van der Waals surface area contributed by atoms with Gasteiger partial charge in [0.1, 0.15) is 5.82 Å². The number of nitrogens with one attached hydrogen (secondary N) is 1. The molecule has 0 saturated carbocycles. The summed E-state index contributed by atoms with van der Waals surface area (Å²) in [6.07, 6.45) is 2.89. The number of carbonyl (C=O) groups excluding carboxylic acids is 1. The third-order valence-electron chi connectivity index (χ3n) is 5.77. The smallest absolute Gasteiger partial charge is 0.251 e. The van der Waals surface area contributed by atoms with Gasteiger partial charge in [0.25, 0.3) is 5.91 Å². The van der Waals surface area contributed by atoms with Crippen LogP contribution < -0.4 is 10.2 Å². The maximum Gasteiger partial charge on any atom is 0.251 e. The molecule has 1 saturated heterocycles. The standard InChI is InChI=1S/C24H28N4OS/c1-17-7-9-19(10-8-17)15-22-26-24(30-27-22)28-13-11-20(12-14-28)16-25-23(29)21-6-4-3-5-18(21)2/h3-10,20H,11-16H2,1-2H3,(H,25,29). The minimum Gasteiger partial charge on any atom is -0.352 e. The monoisotopic (exact) mass is 420 g/mol. The summed E-state index contributed by atoms with van der Waals surface area (Å²) in [4.78, 5) is 19.5. The lowest BCUT2D eigenvalue weighted by molar-refractivity contribution is 0.0944. The van der Waals surface area contributed by atoms with Crippen molar-refractivity contribution in [3.8, 4) is 0 Å². The van der Waals surface area contributed by atoms with Crippen molar-refractivity contribution in [2.24, 2.45) is 5.92 Å². The zero-order chi connectivity index (χ0) is 20.9. The molecule has 1 aromatic heterocycles. The second-order valence-electron chi connectivity index (χ2n) is 8.11. The summed E-state index contributed by atoms with van der Waals surface area (Å²) >= 11 is 1.49. The Morgan fingerprint density at radius 3 is 2.57 bits per heavy atom. The zero-order valence-electron chi connectivity index (χ0n) is 17.6. The lowest BCUT2D eigenvalue weighted by Gasteiger charge is -2.31. The van der Waals surface area contributed by atoms with E-state index in [4.69, 9.17) is 4.98 Å². The summed E-state index contributed by atoms with van der Waals surface area (Å²) in [5, 5.41) is 4.13. The number of aryl methyl sites for hydroxylation is 2. The van der Waals surface area contributed by atoms with Crippen LogP contribution in [0.4, 0.5) is 5.13 Å².